The summed E-state index contributed by atoms with van der Waals surface area (Å²) in [6.45, 7) is 4.90. The quantitative estimate of drug-likeness (QED) is 0.758. The van der Waals surface area contributed by atoms with Crippen molar-refractivity contribution in [3.8, 4) is 0 Å². The van der Waals surface area contributed by atoms with E-state index >= 15 is 0 Å². The van der Waals surface area contributed by atoms with Crippen LogP contribution in [0.5, 0.6) is 0 Å². The largest absolute Gasteiger partial charge is 0.333 e. The molecule has 0 saturated carbocycles. The van der Waals surface area contributed by atoms with Crippen molar-refractivity contribution in [1.82, 2.24) is 9.80 Å². The lowest BCUT2D eigenvalue weighted by molar-refractivity contribution is -0.118. The molecule has 2 aliphatic rings. The van der Waals surface area contributed by atoms with Crippen LogP contribution in [0.2, 0.25) is 0 Å². The summed E-state index contributed by atoms with van der Waals surface area (Å²) in [5.74, 6) is -1.16. The average molecular weight is 415 g/mol. The molecule has 0 atom stereocenters. The molecule has 0 aliphatic carbocycles. The van der Waals surface area contributed by atoms with Crippen LogP contribution in [0.3, 0.4) is 0 Å². The molecule has 0 unspecified atom stereocenters. The first-order valence-electron chi connectivity index (χ1n) is 9.57. The second kappa shape index (κ2) is 7.26. The smallest absolute Gasteiger partial charge is 0.257 e. The van der Waals surface area contributed by atoms with Crippen LogP contribution in [0.15, 0.2) is 18.2 Å². The minimum absolute atomic E-state index is 0.0540. The van der Waals surface area contributed by atoms with Crippen molar-refractivity contribution < 1.29 is 18.8 Å². The zero-order valence-corrected chi connectivity index (χ0v) is 17.4. The normalized spacial score (nSPS) is 16.6. The minimum Gasteiger partial charge on any atom is -0.333 e. The van der Waals surface area contributed by atoms with Gasteiger partial charge in [0.25, 0.3) is 11.8 Å². The van der Waals surface area contributed by atoms with Gasteiger partial charge in [0.15, 0.2) is 0 Å². The molecule has 8 heteroatoms. The van der Waals surface area contributed by atoms with E-state index in [-0.39, 0.29) is 29.8 Å². The molecule has 4 rings (SSSR count). The number of thiophene rings is 1. The summed E-state index contributed by atoms with van der Waals surface area (Å²) in [7, 11) is 1.63. The van der Waals surface area contributed by atoms with Crippen LogP contribution in [0.1, 0.15) is 43.6 Å². The molecule has 0 N–H and O–H groups in total. The molecule has 29 heavy (non-hydrogen) atoms. The lowest BCUT2D eigenvalue weighted by atomic mass is 10.0. The molecule has 1 aromatic heterocycles. The predicted octanol–water partition coefficient (Wildman–Crippen LogP) is 2.83. The first-order chi connectivity index (χ1) is 13.8. The summed E-state index contributed by atoms with van der Waals surface area (Å²) < 4.78 is 14.3. The number of fused-ring (bicyclic) bond motifs is 3. The number of halogens is 1. The monoisotopic (exact) mass is 415 g/mol. The third-order valence-corrected chi connectivity index (χ3v) is 6.72. The fraction of sp³-hybridized carbons (Fsp3) is 0.381. The Hall–Kier alpha value is -2.74. The Morgan fingerprint density at radius 3 is 2.69 bits per heavy atom. The van der Waals surface area contributed by atoms with Crippen molar-refractivity contribution in [1.29, 1.82) is 0 Å². The van der Waals surface area contributed by atoms with Gasteiger partial charge in [0.2, 0.25) is 5.91 Å². The number of nitrogens with zero attached hydrogens (tertiary/aromatic N) is 3. The van der Waals surface area contributed by atoms with Crippen LogP contribution in [0, 0.1) is 12.7 Å². The van der Waals surface area contributed by atoms with Crippen LogP contribution in [0.4, 0.5) is 9.39 Å². The molecular formula is C21H22FN3O3S. The standard InChI is InChI=1S/C21H22FN3O3S/c1-4-25-17(26)11-23(3)20(28)18-14-7-8-24(10-16(14)29-21(18)25)19(27)13-6-5-12(2)9-15(13)22/h5-6,9H,4,7-8,10-11H2,1-3H3. The fourth-order valence-electron chi connectivity index (χ4n) is 3.92. The number of carbonyl (C=O) groups excluding carboxylic acids is 3. The van der Waals surface area contributed by atoms with Gasteiger partial charge in [0.1, 0.15) is 17.4 Å². The van der Waals surface area contributed by atoms with Gasteiger partial charge in [-0.25, -0.2) is 4.39 Å². The summed E-state index contributed by atoms with van der Waals surface area (Å²) >= 11 is 1.39. The number of anilines is 1. The van der Waals surface area contributed by atoms with E-state index in [0.717, 1.165) is 16.0 Å². The molecule has 0 spiro atoms. The zero-order chi connectivity index (χ0) is 20.9. The Labute approximate surface area is 172 Å². The maximum absolute atomic E-state index is 14.3. The van der Waals surface area contributed by atoms with Crippen LogP contribution < -0.4 is 4.90 Å². The van der Waals surface area contributed by atoms with Crippen LogP contribution >= 0.6 is 11.3 Å². The van der Waals surface area contributed by atoms with E-state index < -0.39 is 5.82 Å². The molecule has 3 heterocycles. The number of benzene rings is 1. The first kappa shape index (κ1) is 19.6. The van der Waals surface area contributed by atoms with E-state index in [9.17, 15) is 18.8 Å². The number of rotatable bonds is 2. The van der Waals surface area contributed by atoms with Crippen molar-refractivity contribution in [3.63, 3.8) is 0 Å². The Bertz CT molecular complexity index is 1030. The number of aryl methyl sites for hydroxylation is 1. The SMILES string of the molecule is CCN1C(=O)CN(C)C(=O)c2c1sc1c2CCN(C(=O)c2ccc(C)cc2F)C1. The molecule has 0 bridgehead atoms. The van der Waals surface area contributed by atoms with Gasteiger partial charge in [-0.3, -0.25) is 14.4 Å². The van der Waals surface area contributed by atoms with E-state index in [1.807, 2.05) is 6.92 Å². The number of likely N-dealkylation sites (N-methyl/N-ethyl adjacent to an activating group) is 2. The molecule has 1 aromatic carbocycles. The maximum Gasteiger partial charge on any atom is 0.257 e. The molecule has 0 radical (unpaired) electrons. The van der Waals surface area contributed by atoms with Gasteiger partial charge in [-0.2, -0.15) is 0 Å². The van der Waals surface area contributed by atoms with Gasteiger partial charge in [0, 0.05) is 25.0 Å². The van der Waals surface area contributed by atoms with Crippen molar-refractivity contribution in [2.45, 2.75) is 26.8 Å². The Balaban J connectivity index is 1.69. The summed E-state index contributed by atoms with van der Waals surface area (Å²) in [5, 5.41) is 0.660. The van der Waals surface area contributed by atoms with Crippen molar-refractivity contribution >= 4 is 34.1 Å². The van der Waals surface area contributed by atoms with Crippen LogP contribution in [-0.2, 0) is 17.8 Å². The van der Waals surface area contributed by atoms with Crippen molar-refractivity contribution in [2.75, 3.05) is 31.6 Å². The number of carbonyl (C=O) groups is 3. The van der Waals surface area contributed by atoms with Gasteiger partial charge in [-0.05, 0) is 43.5 Å². The molecule has 6 nitrogen and oxygen atoms in total. The molecule has 2 aromatic rings. The number of hydrogen-bond acceptors (Lipinski definition) is 4. The van der Waals surface area contributed by atoms with Crippen molar-refractivity contribution in [2.24, 2.45) is 0 Å². The highest BCUT2D eigenvalue weighted by Crippen LogP contribution is 2.41. The van der Waals surface area contributed by atoms with Crippen molar-refractivity contribution in [3.05, 3.63) is 51.1 Å². The van der Waals surface area contributed by atoms with Gasteiger partial charge >= 0.3 is 0 Å². The van der Waals surface area contributed by atoms with E-state index in [1.54, 1.807) is 29.8 Å². The second-order valence-corrected chi connectivity index (χ2v) is 8.53. The third kappa shape index (κ3) is 3.21. The Morgan fingerprint density at radius 1 is 1.24 bits per heavy atom. The highest BCUT2D eigenvalue weighted by Gasteiger charge is 2.37. The van der Waals surface area contributed by atoms with Crippen LogP contribution in [-0.4, -0.2) is 54.2 Å². The summed E-state index contributed by atoms with van der Waals surface area (Å²) in [5.41, 5.74) is 2.30. The summed E-state index contributed by atoms with van der Waals surface area (Å²) in [6, 6.07) is 4.59. The minimum atomic E-state index is -0.526. The molecule has 152 valence electrons. The van der Waals surface area contributed by atoms with Gasteiger partial charge in [-0.15, -0.1) is 11.3 Å². The number of hydrogen-bond donors (Lipinski definition) is 0. The third-order valence-electron chi connectivity index (χ3n) is 5.48. The topological polar surface area (TPSA) is 60.9 Å². The van der Waals surface area contributed by atoms with E-state index in [4.69, 9.17) is 0 Å². The zero-order valence-electron chi connectivity index (χ0n) is 16.6. The van der Waals surface area contributed by atoms with E-state index in [0.29, 0.717) is 36.6 Å². The summed E-state index contributed by atoms with van der Waals surface area (Å²) in [6.07, 6.45) is 0.506. The lowest BCUT2D eigenvalue weighted by Gasteiger charge is -2.28. The highest BCUT2D eigenvalue weighted by atomic mass is 32.1. The molecule has 3 amide bonds. The van der Waals surface area contributed by atoms with Gasteiger partial charge in [-0.1, -0.05) is 6.07 Å². The highest BCUT2D eigenvalue weighted by molar-refractivity contribution is 7.17. The molecule has 0 saturated heterocycles. The second-order valence-electron chi connectivity index (χ2n) is 7.44. The van der Waals surface area contributed by atoms with Crippen LogP contribution in [0.25, 0.3) is 0 Å². The molecule has 0 fully saturated rings. The van der Waals surface area contributed by atoms with E-state index in [1.165, 1.54) is 28.4 Å². The number of amides is 3. The lowest BCUT2D eigenvalue weighted by Crippen LogP contribution is -2.38. The molecular weight excluding hydrogens is 393 g/mol. The average Bonchev–Trinajstić information content (AvgIpc) is 3.01. The Kier molecular flexibility index (Phi) is 4.90. The Morgan fingerprint density at radius 2 is 2.00 bits per heavy atom. The molecule has 2 aliphatic heterocycles. The first-order valence-corrected chi connectivity index (χ1v) is 10.4. The maximum atomic E-state index is 14.3. The predicted molar refractivity (Wildman–Crippen MR) is 109 cm³/mol. The van der Waals surface area contributed by atoms with E-state index in [2.05, 4.69) is 0 Å². The van der Waals surface area contributed by atoms with Gasteiger partial charge in [0.05, 0.1) is 17.7 Å². The van der Waals surface area contributed by atoms with Gasteiger partial charge < -0.3 is 14.7 Å². The summed E-state index contributed by atoms with van der Waals surface area (Å²) in [4.78, 5) is 43.9. The fourth-order valence-corrected chi connectivity index (χ4v) is 5.36.